The SMILES string of the molecule is Cc1ccc(S(=O)(=O)N2CCCCC2CC(=O)Nc2ccc(C)c(Cl)c2)cc1. The van der Waals surface area contributed by atoms with Crippen LogP contribution in [-0.2, 0) is 14.8 Å². The molecule has 1 aliphatic heterocycles. The van der Waals surface area contributed by atoms with Gasteiger partial charge in [0.1, 0.15) is 0 Å². The first-order valence-electron chi connectivity index (χ1n) is 9.42. The van der Waals surface area contributed by atoms with Crippen molar-refractivity contribution in [1.82, 2.24) is 4.31 Å². The average Bonchev–Trinajstić information content (AvgIpc) is 2.65. The number of rotatable bonds is 5. The second-order valence-electron chi connectivity index (χ2n) is 7.29. The van der Waals surface area contributed by atoms with Crippen molar-refractivity contribution < 1.29 is 13.2 Å². The Labute approximate surface area is 171 Å². The van der Waals surface area contributed by atoms with E-state index in [-0.39, 0.29) is 23.3 Å². The molecule has 0 aliphatic carbocycles. The van der Waals surface area contributed by atoms with Crippen molar-refractivity contribution in [3.63, 3.8) is 0 Å². The summed E-state index contributed by atoms with van der Waals surface area (Å²) < 4.78 is 27.7. The number of anilines is 1. The topological polar surface area (TPSA) is 66.5 Å². The van der Waals surface area contributed by atoms with Crippen LogP contribution in [0.2, 0.25) is 5.02 Å². The summed E-state index contributed by atoms with van der Waals surface area (Å²) in [6.45, 7) is 4.25. The van der Waals surface area contributed by atoms with E-state index < -0.39 is 10.0 Å². The molecule has 2 aromatic rings. The Hall–Kier alpha value is -1.89. The van der Waals surface area contributed by atoms with Gasteiger partial charge >= 0.3 is 0 Å². The number of piperidine rings is 1. The molecule has 0 spiro atoms. The van der Waals surface area contributed by atoms with Crippen LogP contribution >= 0.6 is 11.6 Å². The first-order chi connectivity index (χ1) is 13.3. The normalized spacial score (nSPS) is 18.0. The van der Waals surface area contributed by atoms with Crippen molar-refractivity contribution in [3.05, 3.63) is 58.6 Å². The molecule has 0 radical (unpaired) electrons. The number of hydrogen-bond acceptors (Lipinski definition) is 3. The van der Waals surface area contributed by atoms with Gasteiger partial charge in [0.15, 0.2) is 0 Å². The van der Waals surface area contributed by atoms with Crippen LogP contribution in [0.25, 0.3) is 0 Å². The van der Waals surface area contributed by atoms with E-state index in [1.807, 2.05) is 19.9 Å². The molecule has 1 aliphatic rings. The van der Waals surface area contributed by atoms with E-state index in [1.165, 1.54) is 4.31 Å². The van der Waals surface area contributed by atoms with Crippen LogP contribution in [0.15, 0.2) is 47.4 Å². The van der Waals surface area contributed by atoms with E-state index in [9.17, 15) is 13.2 Å². The number of amides is 1. The van der Waals surface area contributed by atoms with Crippen LogP contribution in [0, 0.1) is 13.8 Å². The summed E-state index contributed by atoms with van der Waals surface area (Å²) in [5.74, 6) is -0.212. The zero-order chi connectivity index (χ0) is 20.3. The maximum atomic E-state index is 13.1. The average molecular weight is 421 g/mol. The van der Waals surface area contributed by atoms with Gasteiger partial charge in [0.2, 0.25) is 15.9 Å². The van der Waals surface area contributed by atoms with Gasteiger partial charge in [-0.1, -0.05) is 41.8 Å². The molecule has 0 saturated carbocycles. The van der Waals surface area contributed by atoms with Gasteiger partial charge in [-0.2, -0.15) is 4.31 Å². The number of nitrogens with one attached hydrogen (secondary N) is 1. The molecule has 0 aromatic heterocycles. The van der Waals surface area contributed by atoms with Crippen LogP contribution in [0.4, 0.5) is 5.69 Å². The van der Waals surface area contributed by atoms with Crippen molar-refractivity contribution in [2.24, 2.45) is 0 Å². The summed E-state index contributed by atoms with van der Waals surface area (Å²) in [5, 5.41) is 3.41. The lowest BCUT2D eigenvalue weighted by Gasteiger charge is -2.34. The minimum absolute atomic E-state index is 0.122. The standard InChI is InChI=1S/C21H25ClN2O3S/c1-15-6-10-19(11-7-15)28(26,27)24-12-4-3-5-18(24)14-21(25)23-17-9-8-16(2)20(22)13-17/h6-11,13,18H,3-5,12,14H2,1-2H3,(H,23,25). The summed E-state index contributed by atoms with van der Waals surface area (Å²) in [6.07, 6.45) is 2.51. The molecule has 1 heterocycles. The number of halogens is 1. The summed E-state index contributed by atoms with van der Waals surface area (Å²) >= 11 is 6.11. The molecule has 1 unspecified atom stereocenters. The zero-order valence-corrected chi connectivity index (χ0v) is 17.7. The van der Waals surface area contributed by atoms with Crippen molar-refractivity contribution in [1.29, 1.82) is 0 Å². The van der Waals surface area contributed by atoms with Gasteiger partial charge in [0, 0.05) is 29.7 Å². The van der Waals surface area contributed by atoms with E-state index in [1.54, 1.807) is 36.4 Å². The second kappa shape index (κ2) is 8.64. The third-order valence-electron chi connectivity index (χ3n) is 5.08. The molecule has 1 N–H and O–H groups in total. The summed E-state index contributed by atoms with van der Waals surface area (Å²) in [7, 11) is -3.63. The van der Waals surface area contributed by atoms with Crippen molar-refractivity contribution in [2.45, 2.75) is 50.5 Å². The number of benzene rings is 2. The lowest BCUT2D eigenvalue weighted by molar-refractivity contribution is -0.117. The quantitative estimate of drug-likeness (QED) is 0.772. The zero-order valence-electron chi connectivity index (χ0n) is 16.1. The van der Waals surface area contributed by atoms with Crippen molar-refractivity contribution in [2.75, 3.05) is 11.9 Å². The Morgan fingerprint density at radius 3 is 2.54 bits per heavy atom. The van der Waals surface area contributed by atoms with Crippen LogP contribution in [0.3, 0.4) is 0 Å². The Morgan fingerprint density at radius 1 is 1.14 bits per heavy atom. The highest BCUT2D eigenvalue weighted by molar-refractivity contribution is 7.89. The van der Waals surface area contributed by atoms with E-state index >= 15 is 0 Å². The van der Waals surface area contributed by atoms with Gasteiger partial charge in [0.25, 0.3) is 0 Å². The molecule has 150 valence electrons. The second-order valence-corrected chi connectivity index (χ2v) is 9.59. The maximum absolute atomic E-state index is 13.1. The fourth-order valence-electron chi connectivity index (χ4n) is 3.44. The molecule has 2 aromatic carbocycles. The van der Waals surface area contributed by atoms with Crippen molar-refractivity contribution >= 4 is 33.2 Å². The maximum Gasteiger partial charge on any atom is 0.243 e. The predicted octanol–water partition coefficient (Wildman–Crippen LogP) is 4.53. The van der Waals surface area contributed by atoms with Crippen LogP contribution in [0.5, 0.6) is 0 Å². The third-order valence-corrected chi connectivity index (χ3v) is 7.45. The third kappa shape index (κ3) is 4.74. The Morgan fingerprint density at radius 2 is 1.86 bits per heavy atom. The molecule has 1 saturated heterocycles. The largest absolute Gasteiger partial charge is 0.326 e. The van der Waals surface area contributed by atoms with Gasteiger partial charge in [-0.05, 0) is 56.5 Å². The molecule has 5 nitrogen and oxygen atoms in total. The van der Waals surface area contributed by atoms with Gasteiger partial charge in [-0.25, -0.2) is 8.42 Å². The molecular weight excluding hydrogens is 396 g/mol. The highest BCUT2D eigenvalue weighted by Crippen LogP contribution is 2.28. The smallest absolute Gasteiger partial charge is 0.243 e. The molecule has 1 fully saturated rings. The van der Waals surface area contributed by atoms with Gasteiger partial charge < -0.3 is 5.32 Å². The van der Waals surface area contributed by atoms with Gasteiger partial charge in [-0.3, -0.25) is 4.79 Å². The van der Waals surface area contributed by atoms with Gasteiger partial charge in [-0.15, -0.1) is 0 Å². The number of sulfonamides is 1. The number of carbonyl (C=O) groups is 1. The van der Waals surface area contributed by atoms with E-state index in [0.29, 0.717) is 23.7 Å². The molecule has 28 heavy (non-hydrogen) atoms. The number of carbonyl (C=O) groups excluding carboxylic acids is 1. The number of hydrogen-bond donors (Lipinski definition) is 1. The molecular formula is C21H25ClN2O3S. The Bertz CT molecular complexity index is 958. The lowest BCUT2D eigenvalue weighted by atomic mass is 10.0. The van der Waals surface area contributed by atoms with E-state index in [0.717, 1.165) is 24.0 Å². The summed E-state index contributed by atoms with van der Waals surface area (Å²) in [4.78, 5) is 12.8. The lowest BCUT2D eigenvalue weighted by Crippen LogP contribution is -2.45. The first-order valence-corrected chi connectivity index (χ1v) is 11.2. The molecule has 1 atom stereocenters. The summed E-state index contributed by atoms with van der Waals surface area (Å²) in [5.41, 5.74) is 2.55. The summed E-state index contributed by atoms with van der Waals surface area (Å²) in [6, 6.07) is 11.8. The Kier molecular flexibility index (Phi) is 6.43. The van der Waals surface area contributed by atoms with E-state index in [2.05, 4.69) is 5.32 Å². The van der Waals surface area contributed by atoms with Crippen LogP contribution in [0.1, 0.15) is 36.8 Å². The first kappa shape index (κ1) is 20.8. The van der Waals surface area contributed by atoms with E-state index in [4.69, 9.17) is 11.6 Å². The fourth-order valence-corrected chi connectivity index (χ4v) is 5.31. The monoisotopic (exact) mass is 420 g/mol. The fraction of sp³-hybridized carbons (Fsp3) is 0.381. The number of aryl methyl sites for hydroxylation is 2. The molecule has 7 heteroatoms. The molecule has 3 rings (SSSR count). The van der Waals surface area contributed by atoms with Crippen molar-refractivity contribution in [3.8, 4) is 0 Å². The van der Waals surface area contributed by atoms with Gasteiger partial charge in [0.05, 0.1) is 4.90 Å². The predicted molar refractivity (Wildman–Crippen MR) is 112 cm³/mol. The minimum Gasteiger partial charge on any atom is -0.326 e. The molecule has 0 bridgehead atoms. The minimum atomic E-state index is -3.63. The van der Waals surface area contributed by atoms with Crippen LogP contribution in [-0.4, -0.2) is 31.2 Å². The molecule has 1 amide bonds. The highest BCUT2D eigenvalue weighted by atomic mass is 35.5. The van der Waals surface area contributed by atoms with Crippen LogP contribution < -0.4 is 5.32 Å². The highest BCUT2D eigenvalue weighted by Gasteiger charge is 2.34. The Balaban J connectivity index is 1.74. The number of nitrogens with zero attached hydrogens (tertiary/aromatic N) is 1.